The van der Waals surface area contributed by atoms with Crippen LogP contribution >= 0.6 is 11.3 Å². The molecule has 2 aromatic heterocycles. The highest BCUT2D eigenvalue weighted by atomic mass is 32.1. The first kappa shape index (κ1) is 12.5. The van der Waals surface area contributed by atoms with Crippen LogP contribution in [0.2, 0.25) is 0 Å². The molecule has 0 aliphatic heterocycles. The van der Waals surface area contributed by atoms with Gasteiger partial charge in [-0.1, -0.05) is 6.92 Å². The number of hydrogen-bond donors (Lipinski definition) is 1. The van der Waals surface area contributed by atoms with Crippen LogP contribution in [0.25, 0.3) is 5.69 Å². The summed E-state index contributed by atoms with van der Waals surface area (Å²) in [6.45, 7) is 1.63. The molecule has 1 atom stereocenters. The Kier molecular flexibility index (Phi) is 3.57. The van der Waals surface area contributed by atoms with Crippen LogP contribution < -0.4 is 0 Å². The number of nitrogens with zero attached hydrogens (tertiary/aromatic N) is 2. The molecule has 94 valence electrons. The molecular formula is C12H12N2O3S. The molecule has 0 spiro atoms. The number of aromatic nitrogens is 2. The van der Waals surface area contributed by atoms with Crippen LogP contribution in [0.3, 0.4) is 0 Å². The molecule has 0 saturated carbocycles. The molecule has 0 fully saturated rings. The van der Waals surface area contributed by atoms with Crippen LogP contribution in [0.4, 0.5) is 0 Å². The molecule has 5 nitrogen and oxygen atoms in total. The van der Waals surface area contributed by atoms with Crippen LogP contribution in [-0.4, -0.2) is 26.4 Å². The Morgan fingerprint density at radius 3 is 2.94 bits per heavy atom. The molecule has 0 aliphatic carbocycles. The van der Waals surface area contributed by atoms with Gasteiger partial charge in [0.1, 0.15) is 0 Å². The van der Waals surface area contributed by atoms with Crippen molar-refractivity contribution in [2.45, 2.75) is 13.3 Å². The number of thiophene rings is 1. The summed E-state index contributed by atoms with van der Waals surface area (Å²) >= 11 is 1.32. The van der Waals surface area contributed by atoms with Gasteiger partial charge in [0.2, 0.25) is 0 Å². The third-order valence-corrected chi connectivity index (χ3v) is 3.49. The van der Waals surface area contributed by atoms with E-state index in [1.165, 1.54) is 11.3 Å². The first-order chi connectivity index (χ1) is 8.58. The number of carboxylic acid groups (broad SMARTS) is 1. The molecule has 0 aromatic carbocycles. The third kappa shape index (κ3) is 2.65. The van der Waals surface area contributed by atoms with Crippen molar-refractivity contribution in [1.29, 1.82) is 0 Å². The third-order valence-electron chi connectivity index (χ3n) is 2.56. The van der Waals surface area contributed by atoms with Crippen LogP contribution in [0, 0.1) is 5.92 Å². The Hall–Kier alpha value is -1.95. The number of rotatable bonds is 5. The molecule has 2 aromatic rings. The van der Waals surface area contributed by atoms with Crippen molar-refractivity contribution in [1.82, 2.24) is 9.55 Å². The minimum absolute atomic E-state index is 0.131. The highest BCUT2D eigenvalue weighted by Gasteiger charge is 2.20. The van der Waals surface area contributed by atoms with E-state index in [0.29, 0.717) is 4.88 Å². The normalized spacial score (nSPS) is 12.3. The van der Waals surface area contributed by atoms with Crippen LogP contribution in [0.15, 0.2) is 30.2 Å². The van der Waals surface area contributed by atoms with Crippen molar-refractivity contribution in [3.8, 4) is 5.69 Å². The Labute approximate surface area is 108 Å². The average Bonchev–Trinajstić information content (AvgIpc) is 2.97. The number of imidazole rings is 1. The van der Waals surface area contributed by atoms with Gasteiger partial charge in [0.05, 0.1) is 23.3 Å². The number of carbonyl (C=O) groups excluding carboxylic acids is 1. The number of Topliss-reactive ketones (excluding diaryl/α,β-unsaturated/α-hetero) is 1. The molecule has 0 radical (unpaired) electrons. The van der Waals surface area contributed by atoms with Crippen molar-refractivity contribution in [2.75, 3.05) is 0 Å². The predicted molar refractivity (Wildman–Crippen MR) is 67.2 cm³/mol. The zero-order valence-corrected chi connectivity index (χ0v) is 10.6. The fourth-order valence-electron chi connectivity index (χ4n) is 1.60. The highest BCUT2D eigenvalue weighted by Crippen LogP contribution is 2.22. The van der Waals surface area contributed by atoms with Crippen LogP contribution in [-0.2, 0) is 4.79 Å². The van der Waals surface area contributed by atoms with Crippen molar-refractivity contribution < 1.29 is 14.7 Å². The molecule has 0 saturated heterocycles. The summed E-state index contributed by atoms with van der Waals surface area (Å²) in [5, 5.41) is 10.5. The van der Waals surface area contributed by atoms with Crippen molar-refractivity contribution >= 4 is 23.1 Å². The molecule has 1 N–H and O–H groups in total. The quantitative estimate of drug-likeness (QED) is 0.840. The number of ketones is 1. The van der Waals surface area contributed by atoms with E-state index in [9.17, 15) is 9.59 Å². The number of aliphatic carboxylic acids is 1. The van der Waals surface area contributed by atoms with E-state index in [1.807, 2.05) is 5.38 Å². The van der Waals surface area contributed by atoms with E-state index in [0.717, 1.165) is 5.69 Å². The van der Waals surface area contributed by atoms with E-state index >= 15 is 0 Å². The lowest BCUT2D eigenvalue weighted by atomic mass is 10.0. The lowest BCUT2D eigenvalue weighted by Crippen LogP contribution is -2.14. The lowest BCUT2D eigenvalue weighted by Gasteiger charge is -2.04. The first-order valence-corrected chi connectivity index (χ1v) is 6.28. The summed E-state index contributed by atoms with van der Waals surface area (Å²) in [4.78, 5) is 27.1. The first-order valence-electron chi connectivity index (χ1n) is 5.41. The van der Waals surface area contributed by atoms with E-state index in [1.54, 1.807) is 36.3 Å². The van der Waals surface area contributed by atoms with Crippen LogP contribution in [0.1, 0.15) is 23.0 Å². The second-order valence-corrected chi connectivity index (χ2v) is 4.91. The molecule has 2 heterocycles. The van der Waals surface area contributed by atoms with Gasteiger partial charge in [-0.05, 0) is 6.07 Å². The van der Waals surface area contributed by atoms with Crippen LogP contribution in [0.5, 0.6) is 0 Å². The minimum Gasteiger partial charge on any atom is -0.481 e. The Balaban J connectivity index is 2.15. The summed E-state index contributed by atoms with van der Waals surface area (Å²) in [5.74, 6) is -1.59. The maximum Gasteiger partial charge on any atom is 0.304 e. The topological polar surface area (TPSA) is 72.2 Å². The average molecular weight is 264 g/mol. The molecule has 6 heteroatoms. The Morgan fingerprint density at radius 1 is 1.56 bits per heavy atom. The maximum atomic E-state index is 12.0. The molecule has 0 aliphatic rings. The predicted octanol–water partition coefficient (Wildman–Crippen LogP) is 2.23. The number of carboxylic acids is 1. The van der Waals surface area contributed by atoms with Crippen molar-refractivity contribution in [3.63, 3.8) is 0 Å². The molecule has 0 amide bonds. The largest absolute Gasteiger partial charge is 0.481 e. The standard InChI is InChI=1S/C12H12N2O3S/c1-8(4-11(15)16)12(17)10-5-9(6-18-10)14-3-2-13-7-14/h2-3,5-8H,4H2,1H3,(H,15,16). The number of hydrogen-bond acceptors (Lipinski definition) is 4. The summed E-state index contributed by atoms with van der Waals surface area (Å²) in [5.41, 5.74) is 0.864. The fourth-order valence-corrected chi connectivity index (χ4v) is 2.54. The van der Waals surface area contributed by atoms with Gasteiger partial charge in [-0.2, -0.15) is 0 Å². The van der Waals surface area contributed by atoms with Gasteiger partial charge in [0.15, 0.2) is 5.78 Å². The van der Waals surface area contributed by atoms with Gasteiger partial charge >= 0.3 is 5.97 Å². The number of carbonyl (C=O) groups is 2. The highest BCUT2D eigenvalue weighted by molar-refractivity contribution is 7.12. The lowest BCUT2D eigenvalue weighted by molar-refractivity contribution is -0.137. The monoisotopic (exact) mass is 264 g/mol. The van der Waals surface area contributed by atoms with Gasteiger partial charge in [-0.15, -0.1) is 11.3 Å². The van der Waals surface area contributed by atoms with E-state index in [-0.39, 0.29) is 12.2 Å². The van der Waals surface area contributed by atoms with Gasteiger partial charge < -0.3 is 9.67 Å². The second kappa shape index (κ2) is 5.14. The maximum absolute atomic E-state index is 12.0. The smallest absolute Gasteiger partial charge is 0.304 e. The zero-order valence-electron chi connectivity index (χ0n) is 9.74. The summed E-state index contributed by atoms with van der Waals surface area (Å²) in [6.07, 6.45) is 4.96. The fraction of sp³-hybridized carbons (Fsp3) is 0.250. The second-order valence-electron chi connectivity index (χ2n) is 4.00. The molecule has 18 heavy (non-hydrogen) atoms. The van der Waals surface area contributed by atoms with E-state index < -0.39 is 11.9 Å². The Morgan fingerprint density at radius 2 is 2.33 bits per heavy atom. The molecule has 2 rings (SSSR count). The Bertz CT molecular complexity index is 560. The minimum atomic E-state index is -0.956. The molecule has 1 unspecified atom stereocenters. The van der Waals surface area contributed by atoms with Gasteiger partial charge in [0.25, 0.3) is 0 Å². The van der Waals surface area contributed by atoms with Crippen molar-refractivity contribution in [3.05, 3.63) is 35.0 Å². The molecule has 0 bridgehead atoms. The molecular weight excluding hydrogens is 252 g/mol. The summed E-state index contributed by atoms with van der Waals surface area (Å²) < 4.78 is 1.80. The van der Waals surface area contributed by atoms with Gasteiger partial charge in [-0.25, -0.2) is 4.98 Å². The van der Waals surface area contributed by atoms with Gasteiger partial charge in [-0.3, -0.25) is 9.59 Å². The van der Waals surface area contributed by atoms with Gasteiger partial charge in [0, 0.05) is 23.7 Å². The van der Waals surface area contributed by atoms with E-state index in [4.69, 9.17) is 5.11 Å². The SMILES string of the molecule is CC(CC(=O)O)C(=O)c1cc(-n2ccnc2)cs1. The zero-order chi connectivity index (χ0) is 13.1. The van der Waals surface area contributed by atoms with E-state index in [2.05, 4.69) is 4.98 Å². The van der Waals surface area contributed by atoms with Crippen molar-refractivity contribution in [2.24, 2.45) is 5.92 Å². The summed E-state index contributed by atoms with van der Waals surface area (Å²) in [6, 6.07) is 1.76. The summed E-state index contributed by atoms with van der Waals surface area (Å²) in [7, 11) is 0.